The van der Waals surface area contributed by atoms with Crippen molar-refractivity contribution < 1.29 is 0 Å². The number of nitrogens with two attached hydrogens (primary N) is 1. The predicted molar refractivity (Wildman–Crippen MR) is 74.4 cm³/mol. The number of rotatable bonds is 3. The van der Waals surface area contributed by atoms with Crippen LogP contribution in [0.3, 0.4) is 0 Å². The van der Waals surface area contributed by atoms with Crippen LogP contribution in [0.5, 0.6) is 0 Å². The van der Waals surface area contributed by atoms with Crippen molar-refractivity contribution in [3.05, 3.63) is 58.6 Å². The molecule has 0 spiro atoms. The molecule has 88 valence electrons. The van der Waals surface area contributed by atoms with Crippen molar-refractivity contribution in [2.45, 2.75) is 13.5 Å². The molecule has 2 aromatic rings. The molecular weight excluding hydrogens is 232 g/mol. The fraction of sp³-hybridized carbons (Fsp3) is 0.143. The summed E-state index contributed by atoms with van der Waals surface area (Å²) in [6.07, 6.45) is 0. The predicted octanol–water partition coefficient (Wildman–Crippen LogP) is 3.84. The lowest BCUT2D eigenvalue weighted by molar-refractivity contribution is 1.15. The molecule has 0 atom stereocenters. The van der Waals surface area contributed by atoms with Crippen LogP contribution in [0.1, 0.15) is 11.1 Å². The molecule has 2 aromatic carbocycles. The van der Waals surface area contributed by atoms with Gasteiger partial charge in [0.2, 0.25) is 0 Å². The molecule has 0 aliphatic carbocycles. The highest BCUT2D eigenvalue weighted by atomic mass is 35.5. The van der Waals surface area contributed by atoms with Crippen molar-refractivity contribution in [3.63, 3.8) is 0 Å². The molecule has 0 unspecified atom stereocenters. The fourth-order valence-electron chi connectivity index (χ4n) is 1.62. The van der Waals surface area contributed by atoms with E-state index >= 15 is 0 Å². The first-order chi connectivity index (χ1) is 8.15. The van der Waals surface area contributed by atoms with Crippen LogP contribution in [0.4, 0.5) is 11.4 Å². The van der Waals surface area contributed by atoms with Crippen molar-refractivity contribution >= 4 is 23.0 Å². The van der Waals surface area contributed by atoms with Crippen LogP contribution >= 0.6 is 11.6 Å². The second-order valence-corrected chi connectivity index (χ2v) is 4.51. The summed E-state index contributed by atoms with van der Waals surface area (Å²) in [5.41, 5.74) is 10.0. The lowest BCUT2D eigenvalue weighted by Crippen LogP contribution is -2.02. The smallest absolute Gasteiger partial charge is 0.0579 e. The van der Waals surface area contributed by atoms with Gasteiger partial charge in [0.15, 0.2) is 0 Å². The SMILES string of the molecule is Cc1ccc(N)c(NCc2ccc(Cl)cc2)c1. The van der Waals surface area contributed by atoms with E-state index in [2.05, 4.69) is 5.32 Å². The molecule has 0 aliphatic rings. The van der Waals surface area contributed by atoms with Gasteiger partial charge in [-0.3, -0.25) is 0 Å². The number of nitrogens with one attached hydrogen (secondary N) is 1. The minimum absolute atomic E-state index is 0.741. The van der Waals surface area contributed by atoms with E-state index in [0.717, 1.165) is 22.9 Å². The van der Waals surface area contributed by atoms with E-state index in [1.54, 1.807) is 0 Å². The lowest BCUT2D eigenvalue weighted by Gasteiger charge is -2.10. The van der Waals surface area contributed by atoms with Gasteiger partial charge in [-0.15, -0.1) is 0 Å². The Kier molecular flexibility index (Phi) is 3.55. The first-order valence-electron chi connectivity index (χ1n) is 5.49. The van der Waals surface area contributed by atoms with Crippen molar-refractivity contribution in [1.29, 1.82) is 0 Å². The molecule has 0 amide bonds. The fourth-order valence-corrected chi connectivity index (χ4v) is 1.75. The second-order valence-electron chi connectivity index (χ2n) is 4.07. The van der Waals surface area contributed by atoms with Gasteiger partial charge in [0.1, 0.15) is 0 Å². The zero-order valence-electron chi connectivity index (χ0n) is 9.70. The van der Waals surface area contributed by atoms with E-state index in [-0.39, 0.29) is 0 Å². The molecule has 0 aromatic heterocycles. The maximum Gasteiger partial charge on any atom is 0.0579 e. The molecule has 0 bridgehead atoms. The Balaban J connectivity index is 2.07. The van der Waals surface area contributed by atoms with E-state index in [1.807, 2.05) is 49.4 Å². The third-order valence-corrected chi connectivity index (χ3v) is 2.86. The quantitative estimate of drug-likeness (QED) is 0.808. The molecule has 0 saturated carbocycles. The van der Waals surface area contributed by atoms with Crippen LogP contribution in [0.2, 0.25) is 5.02 Å². The Morgan fingerprint density at radius 1 is 1.12 bits per heavy atom. The van der Waals surface area contributed by atoms with Crippen molar-refractivity contribution in [1.82, 2.24) is 0 Å². The summed E-state index contributed by atoms with van der Waals surface area (Å²) >= 11 is 5.83. The highest BCUT2D eigenvalue weighted by molar-refractivity contribution is 6.30. The summed E-state index contributed by atoms with van der Waals surface area (Å²) in [6, 6.07) is 13.7. The monoisotopic (exact) mass is 246 g/mol. The van der Waals surface area contributed by atoms with Crippen LogP contribution in [-0.4, -0.2) is 0 Å². The summed E-state index contributed by atoms with van der Waals surface area (Å²) in [7, 11) is 0. The molecule has 0 saturated heterocycles. The van der Waals surface area contributed by atoms with Crippen LogP contribution in [0, 0.1) is 6.92 Å². The van der Waals surface area contributed by atoms with E-state index in [4.69, 9.17) is 17.3 Å². The molecule has 3 N–H and O–H groups in total. The van der Waals surface area contributed by atoms with Crippen molar-refractivity contribution in [3.8, 4) is 0 Å². The van der Waals surface area contributed by atoms with Gasteiger partial charge in [0.25, 0.3) is 0 Å². The van der Waals surface area contributed by atoms with Gasteiger partial charge >= 0.3 is 0 Å². The summed E-state index contributed by atoms with van der Waals surface area (Å²) in [6.45, 7) is 2.79. The second kappa shape index (κ2) is 5.11. The number of hydrogen-bond donors (Lipinski definition) is 2. The largest absolute Gasteiger partial charge is 0.397 e. The van der Waals surface area contributed by atoms with Crippen LogP contribution < -0.4 is 11.1 Å². The first-order valence-corrected chi connectivity index (χ1v) is 5.87. The number of halogens is 1. The van der Waals surface area contributed by atoms with Gasteiger partial charge in [-0.05, 0) is 42.3 Å². The van der Waals surface area contributed by atoms with Crippen LogP contribution in [-0.2, 0) is 6.54 Å². The Labute approximate surface area is 106 Å². The maximum atomic E-state index is 5.89. The van der Waals surface area contributed by atoms with E-state index in [0.29, 0.717) is 0 Å². The van der Waals surface area contributed by atoms with Gasteiger partial charge < -0.3 is 11.1 Å². The molecular formula is C14H15ClN2. The minimum atomic E-state index is 0.741. The molecule has 3 heteroatoms. The van der Waals surface area contributed by atoms with E-state index in [1.165, 1.54) is 11.1 Å². The molecule has 0 radical (unpaired) electrons. The third-order valence-electron chi connectivity index (χ3n) is 2.61. The molecule has 0 heterocycles. The highest BCUT2D eigenvalue weighted by Crippen LogP contribution is 2.20. The third kappa shape index (κ3) is 3.14. The number of aryl methyl sites for hydroxylation is 1. The number of hydrogen-bond acceptors (Lipinski definition) is 2. The topological polar surface area (TPSA) is 38.0 Å². The van der Waals surface area contributed by atoms with Gasteiger partial charge in [0, 0.05) is 11.6 Å². The van der Waals surface area contributed by atoms with Crippen molar-refractivity contribution in [2.24, 2.45) is 0 Å². The van der Waals surface area contributed by atoms with Crippen molar-refractivity contribution in [2.75, 3.05) is 11.1 Å². The first kappa shape index (κ1) is 11.8. The van der Waals surface area contributed by atoms with Gasteiger partial charge in [-0.25, -0.2) is 0 Å². The van der Waals surface area contributed by atoms with Crippen LogP contribution in [0.15, 0.2) is 42.5 Å². The van der Waals surface area contributed by atoms with E-state index < -0.39 is 0 Å². The van der Waals surface area contributed by atoms with Gasteiger partial charge in [0.05, 0.1) is 11.4 Å². The molecule has 0 fully saturated rings. The molecule has 0 aliphatic heterocycles. The zero-order valence-corrected chi connectivity index (χ0v) is 10.5. The normalized spacial score (nSPS) is 10.2. The van der Waals surface area contributed by atoms with Gasteiger partial charge in [-0.1, -0.05) is 29.8 Å². The zero-order chi connectivity index (χ0) is 12.3. The van der Waals surface area contributed by atoms with Gasteiger partial charge in [-0.2, -0.15) is 0 Å². The highest BCUT2D eigenvalue weighted by Gasteiger charge is 1.99. The number of anilines is 2. The maximum absolute atomic E-state index is 5.89. The Hall–Kier alpha value is -1.67. The molecule has 2 rings (SSSR count). The lowest BCUT2D eigenvalue weighted by atomic mass is 10.1. The van der Waals surface area contributed by atoms with Crippen LogP contribution in [0.25, 0.3) is 0 Å². The minimum Gasteiger partial charge on any atom is -0.397 e. The summed E-state index contributed by atoms with van der Waals surface area (Å²) in [5.74, 6) is 0. The molecule has 17 heavy (non-hydrogen) atoms. The average Bonchev–Trinajstić information content (AvgIpc) is 2.32. The summed E-state index contributed by atoms with van der Waals surface area (Å²) in [4.78, 5) is 0. The Bertz CT molecular complexity index is 506. The molecule has 2 nitrogen and oxygen atoms in total. The van der Waals surface area contributed by atoms with E-state index in [9.17, 15) is 0 Å². The number of nitrogen functional groups attached to an aromatic ring is 1. The Morgan fingerprint density at radius 3 is 2.53 bits per heavy atom. The standard InChI is InChI=1S/C14H15ClN2/c1-10-2-7-13(16)14(8-10)17-9-11-3-5-12(15)6-4-11/h2-8,17H,9,16H2,1H3. The summed E-state index contributed by atoms with van der Waals surface area (Å²) in [5, 5.41) is 4.07. The Morgan fingerprint density at radius 2 is 1.82 bits per heavy atom. The summed E-state index contributed by atoms with van der Waals surface area (Å²) < 4.78 is 0. The average molecular weight is 247 g/mol. The number of benzene rings is 2.